The molecule has 2 aromatic rings. The van der Waals surface area contributed by atoms with E-state index in [9.17, 15) is 14.7 Å². The van der Waals surface area contributed by atoms with Crippen LogP contribution in [0.5, 0.6) is 0 Å². The van der Waals surface area contributed by atoms with E-state index >= 15 is 0 Å². The predicted molar refractivity (Wildman–Crippen MR) is 97.3 cm³/mol. The van der Waals surface area contributed by atoms with Crippen molar-refractivity contribution in [3.05, 3.63) is 35.0 Å². The third-order valence-electron chi connectivity index (χ3n) is 3.91. The van der Waals surface area contributed by atoms with E-state index in [-0.39, 0.29) is 18.3 Å². The number of ether oxygens (including phenoxy) is 1. The van der Waals surface area contributed by atoms with Crippen LogP contribution in [0.4, 0.5) is 4.79 Å². The molecule has 1 aromatic carbocycles. The van der Waals surface area contributed by atoms with Gasteiger partial charge in [0, 0.05) is 23.5 Å². The molecule has 1 atom stereocenters. The van der Waals surface area contributed by atoms with Crippen LogP contribution in [0.3, 0.4) is 0 Å². The summed E-state index contributed by atoms with van der Waals surface area (Å²) in [5.41, 5.74) is 2.58. The minimum absolute atomic E-state index is 0.210. The van der Waals surface area contributed by atoms with Gasteiger partial charge in [-0.15, -0.1) is 0 Å². The normalized spacial score (nSPS) is 12.9. The number of rotatable bonds is 4. The molecular weight excluding hydrogens is 320 g/mol. The maximum atomic E-state index is 11.9. The average Bonchev–Trinajstić information content (AvgIpc) is 2.82. The molecule has 0 spiro atoms. The molecule has 0 aliphatic rings. The molecule has 0 aliphatic heterocycles. The largest absolute Gasteiger partial charge is 0.477 e. The van der Waals surface area contributed by atoms with Gasteiger partial charge in [-0.3, -0.25) is 0 Å². The molecule has 2 N–H and O–H groups in total. The van der Waals surface area contributed by atoms with Gasteiger partial charge < -0.3 is 19.7 Å². The van der Waals surface area contributed by atoms with Gasteiger partial charge >= 0.3 is 12.1 Å². The van der Waals surface area contributed by atoms with Crippen LogP contribution in [0.2, 0.25) is 0 Å². The van der Waals surface area contributed by atoms with Crippen molar-refractivity contribution in [3.8, 4) is 0 Å². The molecule has 25 heavy (non-hydrogen) atoms. The zero-order valence-electron chi connectivity index (χ0n) is 15.6. The molecule has 0 bridgehead atoms. The first kappa shape index (κ1) is 18.8. The van der Waals surface area contributed by atoms with Crippen molar-refractivity contribution in [2.75, 3.05) is 6.54 Å². The van der Waals surface area contributed by atoms with Crippen molar-refractivity contribution >= 4 is 23.0 Å². The molecule has 2 rings (SSSR count). The highest BCUT2D eigenvalue weighted by Crippen LogP contribution is 2.28. The summed E-state index contributed by atoms with van der Waals surface area (Å²) in [6, 6.07) is 5.45. The SMILES string of the molecule is Cc1cc(C)c2cc(C(=O)O)n([C@H](C)CNC(=O)OC(C)(C)C)c2c1. The van der Waals surface area contributed by atoms with Crippen LogP contribution in [-0.2, 0) is 4.74 Å². The molecule has 1 aromatic heterocycles. The summed E-state index contributed by atoms with van der Waals surface area (Å²) in [6.45, 7) is 11.5. The minimum atomic E-state index is -0.989. The highest BCUT2D eigenvalue weighted by Gasteiger charge is 2.22. The first-order chi connectivity index (χ1) is 11.5. The van der Waals surface area contributed by atoms with Gasteiger partial charge in [0.15, 0.2) is 0 Å². The molecule has 1 amide bonds. The Morgan fingerprint density at radius 2 is 1.88 bits per heavy atom. The number of hydrogen-bond donors (Lipinski definition) is 2. The number of nitrogens with zero attached hydrogens (tertiary/aromatic N) is 1. The number of carboxylic acid groups (broad SMARTS) is 1. The molecular formula is C19H26N2O4. The summed E-state index contributed by atoms with van der Waals surface area (Å²) in [7, 11) is 0. The second-order valence-electron chi connectivity index (χ2n) is 7.45. The zero-order chi connectivity index (χ0) is 18.9. The van der Waals surface area contributed by atoms with Crippen LogP contribution in [0, 0.1) is 13.8 Å². The van der Waals surface area contributed by atoms with E-state index in [0.717, 1.165) is 22.0 Å². The molecule has 0 saturated heterocycles. The maximum Gasteiger partial charge on any atom is 0.407 e. The third kappa shape index (κ3) is 4.32. The predicted octanol–water partition coefficient (Wildman–Crippen LogP) is 4.04. The third-order valence-corrected chi connectivity index (χ3v) is 3.91. The van der Waals surface area contributed by atoms with Crippen molar-refractivity contribution in [2.24, 2.45) is 0 Å². The van der Waals surface area contributed by atoms with E-state index in [1.54, 1.807) is 31.4 Å². The monoisotopic (exact) mass is 346 g/mol. The fourth-order valence-corrected chi connectivity index (χ4v) is 2.96. The topological polar surface area (TPSA) is 80.6 Å². The molecule has 0 saturated carbocycles. The second kappa shape index (κ2) is 6.78. The first-order valence-electron chi connectivity index (χ1n) is 8.32. The number of alkyl carbamates (subject to hydrolysis) is 1. The highest BCUT2D eigenvalue weighted by atomic mass is 16.6. The summed E-state index contributed by atoms with van der Waals surface area (Å²) < 4.78 is 6.99. The first-order valence-corrected chi connectivity index (χ1v) is 8.32. The van der Waals surface area contributed by atoms with Gasteiger partial charge in [-0.2, -0.15) is 0 Å². The Balaban J connectivity index is 2.33. The number of carbonyl (C=O) groups is 2. The lowest BCUT2D eigenvalue weighted by molar-refractivity contribution is 0.0521. The smallest absolute Gasteiger partial charge is 0.407 e. The fourth-order valence-electron chi connectivity index (χ4n) is 2.96. The molecule has 0 aliphatic carbocycles. The van der Waals surface area contributed by atoms with Gasteiger partial charge in [-0.1, -0.05) is 6.07 Å². The van der Waals surface area contributed by atoms with Crippen LogP contribution in [0.1, 0.15) is 55.4 Å². The van der Waals surface area contributed by atoms with Crippen LogP contribution in [0.15, 0.2) is 18.2 Å². The van der Waals surface area contributed by atoms with Crippen molar-refractivity contribution < 1.29 is 19.4 Å². The number of amides is 1. The molecule has 136 valence electrons. The lowest BCUT2D eigenvalue weighted by Crippen LogP contribution is -2.35. The quantitative estimate of drug-likeness (QED) is 0.875. The molecule has 0 radical (unpaired) electrons. The fraction of sp³-hybridized carbons (Fsp3) is 0.474. The molecule has 0 unspecified atom stereocenters. The number of fused-ring (bicyclic) bond motifs is 1. The highest BCUT2D eigenvalue weighted by molar-refractivity contribution is 5.96. The van der Waals surface area contributed by atoms with Gasteiger partial charge in [0.25, 0.3) is 0 Å². The lowest BCUT2D eigenvalue weighted by atomic mass is 10.1. The van der Waals surface area contributed by atoms with E-state index in [0.29, 0.717) is 0 Å². The Labute approximate surface area is 147 Å². The second-order valence-corrected chi connectivity index (χ2v) is 7.45. The Morgan fingerprint density at radius 3 is 2.44 bits per heavy atom. The number of nitrogens with one attached hydrogen (secondary N) is 1. The molecule has 0 fully saturated rings. The molecule has 6 heteroatoms. The van der Waals surface area contributed by atoms with Crippen molar-refractivity contribution in [2.45, 2.75) is 53.2 Å². The molecule has 6 nitrogen and oxygen atoms in total. The summed E-state index contributed by atoms with van der Waals surface area (Å²) in [4.78, 5) is 23.5. The van der Waals surface area contributed by atoms with Gasteiger partial charge in [-0.05, 0) is 64.8 Å². The lowest BCUT2D eigenvalue weighted by Gasteiger charge is -2.22. The van der Waals surface area contributed by atoms with Gasteiger partial charge in [0.1, 0.15) is 11.3 Å². The number of benzene rings is 1. The van der Waals surface area contributed by atoms with Crippen LogP contribution < -0.4 is 5.32 Å². The number of aryl methyl sites for hydroxylation is 2. The van der Waals surface area contributed by atoms with Gasteiger partial charge in [-0.25, -0.2) is 9.59 Å². The van der Waals surface area contributed by atoms with Gasteiger partial charge in [0.2, 0.25) is 0 Å². The van der Waals surface area contributed by atoms with Crippen LogP contribution >= 0.6 is 0 Å². The number of aromatic carboxylic acids is 1. The van der Waals surface area contributed by atoms with Crippen molar-refractivity contribution in [1.82, 2.24) is 9.88 Å². The Morgan fingerprint density at radius 1 is 1.24 bits per heavy atom. The molecule has 1 heterocycles. The summed E-state index contributed by atoms with van der Waals surface area (Å²) in [6.07, 6.45) is -0.514. The van der Waals surface area contributed by atoms with Gasteiger partial charge in [0.05, 0.1) is 0 Å². The minimum Gasteiger partial charge on any atom is -0.477 e. The number of aromatic nitrogens is 1. The summed E-state index contributed by atoms with van der Waals surface area (Å²) in [5, 5.41) is 13.2. The number of carboxylic acids is 1. The van der Waals surface area contributed by atoms with E-state index in [4.69, 9.17) is 4.74 Å². The number of hydrogen-bond acceptors (Lipinski definition) is 3. The summed E-state index contributed by atoms with van der Waals surface area (Å²) in [5.74, 6) is -0.989. The Hall–Kier alpha value is -2.50. The van der Waals surface area contributed by atoms with Crippen molar-refractivity contribution in [3.63, 3.8) is 0 Å². The number of carbonyl (C=O) groups excluding carboxylic acids is 1. The summed E-state index contributed by atoms with van der Waals surface area (Å²) >= 11 is 0. The van der Waals surface area contributed by atoms with E-state index in [2.05, 4.69) is 5.32 Å². The standard InChI is InChI=1S/C19H26N2O4/c1-11-7-12(2)14-9-16(17(22)23)21(15(14)8-11)13(3)10-20-18(24)25-19(4,5)6/h7-9,13H,10H2,1-6H3,(H,20,24)(H,22,23)/t13-/m1/s1. The van der Waals surface area contributed by atoms with E-state index in [1.807, 2.05) is 32.9 Å². The maximum absolute atomic E-state index is 11.9. The average molecular weight is 346 g/mol. The zero-order valence-corrected chi connectivity index (χ0v) is 15.6. The Bertz CT molecular complexity index is 815. The van der Waals surface area contributed by atoms with E-state index in [1.165, 1.54) is 0 Å². The van der Waals surface area contributed by atoms with E-state index < -0.39 is 17.7 Å². The van der Waals surface area contributed by atoms with Crippen LogP contribution in [-0.4, -0.2) is 33.9 Å². The van der Waals surface area contributed by atoms with Crippen LogP contribution in [0.25, 0.3) is 10.9 Å². The Kier molecular flexibility index (Phi) is 5.11. The van der Waals surface area contributed by atoms with Crippen molar-refractivity contribution in [1.29, 1.82) is 0 Å².